The zero-order valence-corrected chi connectivity index (χ0v) is 19.7. The van der Waals surface area contributed by atoms with Crippen LogP contribution in [0.4, 0.5) is 0 Å². The van der Waals surface area contributed by atoms with E-state index < -0.39 is 5.97 Å². The number of aryl methyl sites for hydroxylation is 1. The first-order chi connectivity index (χ1) is 14.8. The van der Waals surface area contributed by atoms with Gasteiger partial charge < -0.3 is 9.67 Å². The van der Waals surface area contributed by atoms with Gasteiger partial charge in [-0.2, -0.15) is 0 Å². The number of carboxylic acid groups (broad SMARTS) is 1. The second-order valence-electron chi connectivity index (χ2n) is 8.97. The van der Waals surface area contributed by atoms with Crippen molar-refractivity contribution in [3.8, 4) is 0 Å². The molecule has 0 saturated carbocycles. The third-order valence-corrected chi connectivity index (χ3v) is 6.37. The minimum atomic E-state index is -0.898. The van der Waals surface area contributed by atoms with Gasteiger partial charge in [0.25, 0.3) is 0 Å². The highest BCUT2D eigenvalue weighted by Crippen LogP contribution is 2.32. The van der Waals surface area contributed by atoms with Crippen LogP contribution in [0.1, 0.15) is 72.9 Å². The van der Waals surface area contributed by atoms with Gasteiger partial charge in [0.1, 0.15) is 5.82 Å². The average molecular weight is 437 g/mol. The zero-order chi connectivity index (χ0) is 22.4. The summed E-state index contributed by atoms with van der Waals surface area (Å²) in [5.41, 5.74) is 3.91. The van der Waals surface area contributed by atoms with Crippen LogP contribution in [0.2, 0.25) is 0 Å². The van der Waals surface area contributed by atoms with Crippen molar-refractivity contribution in [3.63, 3.8) is 0 Å². The molecule has 0 aliphatic rings. The molecule has 3 rings (SSSR count). The first-order valence-corrected chi connectivity index (χ1v) is 11.8. The number of hydrogen-bond acceptors (Lipinski definition) is 3. The Balaban J connectivity index is 1.97. The Morgan fingerprint density at radius 2 is 1.94 bits per heavy atom. The zero-order valence-electron chi connectivity index (χ0n) is 18.9. The molecule has 0 spiro atoms. The maximum absolute atomic E-state index is 11.2. The van der Waals surface area contributed by atoms with Gasteiger partial charge in [0.05, 0.1) is 17.5 Å². The Labute approximate surface area is 189 Å². The number of aromatic nitrogens is 2. The highest BCUT2D eigenvalue weighted by Gasteiger charge is 2.19. The summed E-state index contributed by atoms with van der Waals surface area (Å²) in [4.78, 5) is 17.3. The van der Waals surface area contributed by atoms with Crippen LogP contribution in [0, 0.1) is 5.41 Å². The van der Waals surface area contributed by atoms with E-state index in [0.29, 0.717) is 12.1 Å². The van der Waals surface area contributed by atoms with E-state index in [1.165, 1.54) is 10.5 Å². The molecule has 0 aliphatic carbocycles. The molecule has 2 heterocycles. The predicted molar refractivity (Wildman–Crippen MR) is 129 cm³/mol. The third-order valence-electron chi connectivity index (χ3n) is 5.49. The van der Waals surface area contributed by atoms with Gasteiger partial charge in [0, 0.05) is 24.3 Å². The molecule has 4 nitrogen and oxygen atoms in total. The molecule has 0 saturated heterocycles. The van der Waals surface area contributed by atoms with E-state index in [1.54, 1.807) is 23.5 Å². The summed E-state index contributed by atoms with van der Waals surface area (Å²) in [6.45, 7) is 9.65. The van der Waals surface area contributed by atoms with Crippen molar-refractivity contribution in [2.24, 2.45) is 5.41 Å². The SMILES string of the molecule is CCCCc1ncc(/C=C(\Cc2cccs2)C(C)(C)C)n1Cc1ccc(C(=O)O)cc1. The summed E-state index contributed by atoms with van der Waals surface area (Å²) >= 11 is 1.79. The van der Waals surface area contributed by atoms with Crippen molar-refractivity contribution in [2.45, 2.75) is 59.9 Å². The average Bonchev–Trinajstić information content (AvgIpc) is 3.36. The molecule has 2 aromatic heterocycles. The van der Waals surface area contributed by atoms with Crippen LogP contribution in [0.15, 0.2) is 53.5 Å². The number of rotatable bonds is 9. The number of imidazole rings is 1. The van der Waals surface area contributed by atoms with Crippen molar-refractivity contribution in [1.82, 2.24) is 9.55 Å². The Morgan fingerprint density at radius 1 is 1.19 bits per heavy atom. The predicted octanol–water partition coefficient (Wildman–Crippen LogP) is 6.71. The summed E-state index contributed by atoms with van der Waals surface area (Å²) in [6, 6.07) is 11.4. The van der Waals surface area contributed by atoms with Gasteiger partial charge in [-0.25, -0.2) is 9.78 Å². The van der Waals surface area contributed by atoms with Gasteiger partial charge in [0.15, 0.2) is 0 Å². The first-order valence-electron chi connectivity index (χ1n) is 10.9. The van der Waals surface area contributed by atoms with E-state index in [9.17, 15) is 9.90 Å². The number of thiophene rings is 1. The fraction of sp³-hybridized carbons (Fsp3) is 0.385. The Kier molecular flexibility index (Phi) is 7.50. The molecule has 3 aromatic rings. The van der Waals surface area contributed by atoms with E-state index in [-0.39, 0.29) is 5.41 Å². The Bertz CT molecular complexity index is 1020. The molecular weight excluding hydrogens is 404 g/mol. The summed E-state index contributed by atoms with van der Waals surface area (Å²) in [5.74, 6) is 0.185. The largest absolute Gasteiger partial charge is 0.478 e. The molecule has 31 heavy (non-hydrogen) atoms. The molecule has 0 fully saturated rings. The normalized spacial score (nSPS) is 12.3. The first kappa shape index (κ1) is 23.0. The van der Waals surface area contributed by atoms with Gasteiger partial charge in [-0.3, -0.25) is 0 Å². The van der Waals surface area contributed by atoms with Gasteiger partial charge in [0.2, 0.25) is 0 Å². The van der Waals surface area contributed by atoms with E-state index in [2.05, 4.69) is 55.9 Å². The highest BCUT2D eigenvalue weighted by atomic mass is 32.1. The standard InChI is InChI=1S/C26H32N2O2S/c1-5-6-9-24-27-17-22(15-21(26(2,3)4)16-23-8-7-14-31-23)28(24)18-19-10-12-20(13-11-19)25(29)30/h7-8,10-15,17H,5-6,9,16,18H2,1-4H3,(H,29,30)/b21-15+. The second kappa shape index (κ2) is 10.1. The number of carbonyl (C=O) groups is 1. The molecule has 164 valence electrons. The van der Waals surface area contributed by atoms with Gasteiger partial charge in [-0.05, 0) is 47.1 Å². The molecular formula is C26H32N2O2S. The van der Waals surface area contributed by atoms with Crippen molar-refractivity contribution in [1.29, 1.82) is 0 Å². The van der Waals surface area contributed by atoms with E-state index >= 15 is 0 Å². The van der Waals surface area contributed by atoms with Crippen LogP contribution in [0.5, 0.6) is 0 Å². The van der Waals surface area contributed by atoms with E-state index in [1.807, 2.05) is 18.3 Å². The Hall–Kier alpha value is -2.66. The number of nitrogens with zero attached hydrogens (tertiary/aromatic N) is 2. The number of unbranched alkanes of at least 4 members (excludes halogenated alkanes) is 1. The molecule has 1 aromatic carbocycles. The van der Waals surface area contributed by atoms with E-state index in [0.717, 1.165) is 42.8 Å². The van der Waals surface area contributed by atoms with Crippen LogP contribution >= 0.6 is 11.3 Å². The molecule has 0 aliphatic heterocycles. The lowest BCUT2D eigenvalue weighted by molar-refractivity contribution is 0.0697. The number of benzene rings is 1. The minimum Gasteiger partial charge on any atom is -0.478 e. The summed E-state index contributed by atoms with van der Waals surface area (Å²) < 4.78 is 2.28. The lowest BCUT2D eigenvalue weighted by atomic mass is 9.83. The smallest absolute Gasteiger partial charge is 0.335 e. The fourth-order valence-corrected chi connectivity index (χ4v) is 4.24. The van der Waals surface area contributed by atoms with Crippen LogP contribution in [-0.4, -0.2) is 20.6 Å². The maximum Gasteiger partial charge on any atom is 0.335 e. The van der Waals surface area contributed by atoms with Crippen LogP contribution < -0.4 is 0 Å². The van der Waals surface area contributed by atoms with E-state index in [4.69, 9.17) is 4.98 Å². The second-order valence-corrected chi connectivity index (χ2v) is 10.00. The molecule has 0 bridgehead atoms. The molecule has 0 amide bonds. The topological polar surface area (TPSA) is 55.1 Å². The van der Waals surface area contributed by atoms with Crippen LogP contribution in [0.3, 0.4) is 0 Å². The summed E-state index contributed by atoms with van der Waals surface area (Å²) in [7, 11) is 0. The van der Waals surface area contributed by atoms with Crippen molar-refractivity contribution in [2.75, 3.05) is 0 Å². The van der Waals surface area contributed by atoms with Crippen molar-refractivity contribution >= 4 is 23.4 Å². The molecule has 5 heteroatoms. The number of allylic oxidation sites excluding steroid dienone is 1. The number of carboxylic acids is 1. The Morgan fingerprint density at radius 3 is 2.52 bits per heavy atom. The van der Waals surface area contributed by atoms with Crippen molar-refractivity contribution in [3.05, 3.63) is 81.1 Å². The summed E-state index contributed by atoms with van der Waals surface area (Å²) in [6.07, 6.45) is 8.37. The maximum atomic E-state index is 11.2. The third kappa shape index (κ3) is 6.17. The molecule has 0 unspecified atom stereocenters. The number of hydrogen-bond donors (Lipinski definition) is 1. The van der Waals surface area contributed by atoms with Crippen LogP contribution in [-0.2, 0) is 19.4 Å². The van der Waals surface area contributed by atoms with Crippen molar-refractivity contribution < 1.29 is 9.90 Å². The van der Waals surface area contributed by atoms with Gasteiger partial charge in [-0.15, -0.1) is 11.3 Å². The summed E-state index contributed by atoms with van der Waals surface area (Å²) in [5, 5.41) is 11.3. The number of aromatic carboxylic acids is 1. The molecule has 0 radical (unpaired) electrons. The van der Waals surface area contributed by atoms with Gasteiger partial charge in [-0.1, -0.05) is 57.9 Å². The lowest BCUT2D eigenvalue weighted by Gasteiger charge is -2.23. The fourth-order valence-electron chi connectivity index (χ4n) is 3.51. The molecule has 1 N–H and O–H groups in total. The highest BCUT2D eigenvalue weighted by molar-refractivity contribution is 7.09. The minimum absolute atomic E-state index is 0.0474. The quantitative estimate of drug-likeness (QED) is 0.406. The molecule has 0 atom stereocenters. The monoisotopic (exact) mass is 436 g/mol. The van der Waals surface area contributed by atoms with Crippen LogP contribution in [0.25, 0.3) is 6.08 Å². The van der Waals surface area contributed by atoms with Gasteiger partial charge >= 0.3 is 5.97 Å². The lowest BCUT2D eigenvalue weighted by Crippen LogP contribution is -2.13.